The number of ether oxygens (including phenoxy) is 2. The fourth-order valence-corrected chi connectivity index (χ4v) is 4.27. The van der Waals surface area contributed by atoms with Gasteiger partial charge in [-0.3, -0.25) is 9.69 Å². The SMILES string of the molecule is COc1cccc(OC(C)C(=O)N2CCN(C(c3ccccc3)c3ccccc3)CC2)c1. The van der Waals surface area contributed by atoms with Gasteiger partial charge < -0.3 is 14.4 Å². The van der Waals surface area contributed by atoms with Crippen LogP contribution in [0.1, 0.15) is 24.1 Å². The highest BCUT2D eigenvalue weighted by Crippen LogP contribution is 2.29. The number of amides is 1. The summed E-state index contributed by atoms with van der Waals surface area (Å²) in [5.74, 6) is 1.36. The van der Waals surface area contributed by atoms with Gasteiger partial charge in [-0.15, -0.1) is 0 Å². The highest BCUT2D eigenvalue weighted by atomic mass is 16.5. The van der Waals surface area contributed by atoms with Crippen LogP contribution in [0.15, 0.2) is 84.9 Å². The summed E-state index contributed by atoms with van der Waals surface area (Å²) < 4.78 is 11.1. The van der Waals surface area contributed by atoms with E-state index in [4.69, 9.17) is 9.47 Å². The van der Waals surface area contributed by atoms with E-state index >= 15 is 0 Å². The number of hydrogen-bond acceptors (Lipinski definition) is 4. The Labute approximate surface area is 190 Å². The smallest absolute Gasteiger partial charge is 0.263 e. The Morgan fingerprint density at radius 3 is 1.91 bits per heavy atom. The van der Waals surface area contributed by atoms with E-state index < -0.39 is 6.10 Å². The van der Waals surface area contributed by atoms with Gasteiger partial charge in [-0.1, -0.05) is 66.7 Å². The molecule has 1 aliphatic heterocycles. The van der Waals surface area contributed by atoms with Gasteiger partial charge in [0, 0.05) is 32.2 Å². The average Bonchev–Trinajstić information content (AvgIpc) is 2.85. The van der Waals surface area contributed by atoms with E-state index in [9.17, 15) is 4.79 Å². The van der Waals surface area contributed by atoms with Crippen LogP contribution in [0.4, 0.5) is 0 Å². The Bertz CT molecular complexity index is 962. The first-order valence-corrected chi connectivity index (χ1v) is 11.1. The monoisotopic (exact) mass is 430 g/mol. The van der Waals surface area contributed by atoms with Crippen molar-refractivity contribution in [3.8, 4) is 11.5 Å². The molecule has 0 N–H and O–H groups in total. The van der Waals surface area contributed by atoms with Crippen LogP contribution >= 0.6 is 0 Å². The van der Waals surface area contributed by atoms with Gasteiger partial charge in [0.25, 0.3) is 5.91 Å². The lowest BCUT2D eigenvalue weighted by Crippen LogP contribution is -2.52. The number of carbonyl (C=O) groups is 1. The van der Waals surface area contributed by atoms with Crippen LogP contribution in [0.5, 0.6) is 11.5 Å². The van der Waals surface area contributed by atoms with E-state index in [0.29, 0.717) is 24.6 Å². The fraction of sp³-hybridized carbons (Fsp3) is 0.296. The third kappa shape index (κ3) is 5.11. The zero-order valence-electron chi connectivity index (χ0n) is 18.7. The molecule has 1 unspecified atom stereocenters. The van der Waals surface area contributed by atoms with Crippen molar-refractivity contribution >= 4 is 5.91 Å². The molecule has 32 heavy (non-hydrogen) atoms. The lowest BCUT2D eigenvalue weighted by Gasteiger charge is -2.40. The second-order valence-corrected chi connectivity index (χ2v) is 8.02. The molecular formula is C27H30N2O3. The first kappa shape index (κ1) is 21.9. The predicted octanol–water partition coefficient (Wildman–Crippen LogP) is 4.40. The van der Waals surface area contributed by atoms with Crippen LogP contribution in [0.3, 0.4) is 0 Å². The van der Waals surface area contributed by atoms with Gasteiger partial charge in [-0.05, 0) is 30.2 Å². The van der Waals surface area contributed by atoms with Crippen molar-refractivity contribution in [2.75, 3.05) is 33.3 Å². The Kier molecular flexibility index (Phi) is 7.07. The molecule has 0 aliphatic carbocycles. The maximum absolute atomic E-state index is 13.0. The molecular weight excluding hydrogens is 400 g/mol. The summed E-state index contributed by atoms with van der Waals surface area (Å²) >= 11 is 0. The van der Waals surface area contributed by atoms with Crippen LogP contribution in [0, 0.1) is 0 Å². The van der Waals surface area contributed by atoms with Gasteiger partial charge in [0.2, 0.25) is 0 Å². The summed E-state index contributed by atoms with van der Waals surface area (Å²) in [4.78, 5) is 17.4. The first-order valence-electron chi connectivity index (χ1n) is 11.1. The maximum Gasteiger partial charge on any atom is 0.263 e. The lowest BCUT2D eigenvalue weighted by atomic mass is 9.96. The minimum atomic E-state index is -0.548. The minimum Gasteiger partial charge on any atom is -0.497 e. The number of rotatable bonds is 7. The number of nitrogens with zero attached hydrogens (tertiary/aromatic N) is 2. The zero-order valence-corrected chi connectivity index (χ0v) is 18.7. The van der Waals surface area contributed by atoms with E-state index in [-0.39, 0.29) is 11.9 Å². The Balaban J connectivity index is 1.41. The summed E-state index contributed by atoms with van der Waals surface area (Å²) in [5.41, 5.74) is 2.54. The van der Waals surface area contributed by atoms with E-state index in [1.54, 1.807) is 13.2 Å². The number of piperazine rings is 1. The van der Waals surface area contributed by atoms with Gasteiger partial charge >= 0.3 is 0 Å². The highest BCUT2D eigenvalue weighted by Gasteiger charge is 2.30. The van der Waals surface area contributed by atoms with Crippen molar-refractivity contribution < 1.29 is 14.3 Å². The molecule has 5 heteroatoms. The molecule has 0 saturated carbocycles. The number of methoxy groups -OCH3 is 1. The van der Waals surface area contributed by atoms with Crippen molar-refractivity contribution in [1.29, 1.82) is 0 Å². The molecule has 3 aromatic carbocycles. The lowest BCUT2D eigenvalue weighted by molar-refractivity contribution is -0.140. The van der Waals surface area contributed by atoms with Crippen molar-refractivity contribution in [3.05, 3.63) is 96.1 Å². The maximum atomic E-state index is 13.0. The fourth-order valence-electron chi connectivity index (χ4n) is 4.27. The minimum absolute atomic E-state index is 0.0171. The molecule has 5 nitrogen and oxygen atoms in total. The van der Waals surface area contributed by atoms with Crippen LogP contribution in [0.25, 0.3) is 0 Å². The van der Waals surface area contributed by atoms with Crippen molar-refractivity contribution in [2.24, 2.45) is 0 Å². The predicted molar refractivity (Wildman–Crippen MR) is 126 cm³/mol. The summed E-state index contributed by atoms with van der Waals surface area (Å²) in [6.07, 6.45) is -0.548. The Morgan fingerprint density at radius 2 is 1.34 bits per heavy atom. The number of carbonyl (C=O) groups excluding carboxylic acids is 1. The molecule has 4 rings (SSSR count). The van der Waals surface area contributed by atoms with Gasteiger partial charge in [0.1, 0.15) is 11.5 Å². The third-order valence-corrected chi connectivity index (χ3v) is 5.92. The van der Waals surface area contributed by atoms with E-state index in [1.807, 2.05) is 42.2 Å². The molecule has 3 aromatic rings. The summed E-state index contributed by atoms with van der Waals surface area (Å²) in [6, 6.07) is 28.7. The highest BCUT2D eigenvalue weighted by molar-refractivity contribution is 5.81. The molecule has 1 heterocycles. The molecule has 1 aliphatic rings. The van der Waals surface area contributed by atoms with E-state index in [0.717, 1.165) is 13.1 Å². The van der Waals surface area contributed by atoms with Gasteiger partial charge in [-0.25, -0.2) is 0 Å². The summed E-state index contributed by atoms with van der Waals surface area (Å²) in [6.45, 7) is 4.80. The van der Waals surface area contributed by atoms with Crippen molar-refractivity contribution in [2.45, 2.75) is 19.1 Å². The number of hydrogen-bond donors (Lipinski definition) is 0. The molecule has 1 saturated heterocycles. The van der Waals surface area contributed by atoms with Crippen molar-refractivity contribution in [1.82, 2.24) is 9.80 Å². The first-order chi connectivity index (χ1) is 15.7. The summed E-state index contributed by atoms with van der Waals surface area (Å²) in [5, 5.41) is 0. The second kappa shape index (κ2) is 10.3. The molecule has 0 aromatic heterocycles. The molecule has 0 spiro atoms. The van der Waals surface area contributed by atoms with Gasteiger partial charge in [-0.2, -0.15) is 0 Å². The van der Waals surface area contributed by atoms with Crippen molar-refractivity contribution in [3.63, 3.8) is 0 Å². The van der Waals surface area contributed by atoms with Crippen LogP contribution in [0.2, 0.25) is 0 Å². The van der Waals surface area contributed by atoms with Gasteiger partial charge in [0.05, 0.1) is 13.2 Å². The van der Waals surface area contributed by atoms with Gasteiger partial charge in [0.15, 0.2) is 6.10 Å². The molecule has 166 valence electrons. The van der Waals surface area contributed by atoms with Crippen LogP contribution < -0.4 is 9.47 Å². The van der Waals surface area contributed by atoms with Crippen LogP contribution in [-0.2, 0) is 4.79 Å². The van der Waals surface area contributed by atoms with E-state index in [2.05, 4.69) is 53.4 Å². The molecule has 1 amide bonds. The third-order valence-electron chi connectivity index (χ3n) is 5.92. The standard InChI is InChI=1S/C27H30N2O3/c1-21(32-25-15-9-14-24(20-25)31-2)27(30)29-18-16-28(17-19-29)26(22-10-5-3-6-11-22)23-12-7-4-8-13-23/h3-15,20-21,26H,16-19H2,1-2H3. The topological polar surface area (TPSA) is 42.0 Å². The number of benzene rings is 3. The molecule has 0 radical (unpaired) electrons. The normalized spacial score (nSPS) is 15.4. The van der Waals surface area contributed by atoms with Crippen LogP contribution in [-0.4, -0.2) is 55.1 Å². The average molecular weight is 431 g/mol. The molecule has 1 fully saturated rings. The van der Waals surface area contributed by atoms with E-state index in [1.165, 1.54) is 11.1 Å². The summed E-state index contributed by atoms with van der Waals surface area (Å²) in [7, 11) is 1.62. The quantitative estimate of drug-likeness (QED) is 0.557. The largest absolute Gasteiger partial charge is 0.497 e. The molecule has 0 bridgehead atoms. The zero-order chi connectivity index (χ0) is 22.3. The Morgan fingerprint density at radius 1 is 0.781 bits per heavy atom. The molecule has 1 atom stereocenters. The Hall–Kier alpha value is -3.31. The second-order valence-electron chi connectivity index (χ2n) is 8.02.